The first-order valence-electron chi connectivity index (χ1n) is 2.03. The Balaban J connectivity index is -0.000000720. The molecule has 0 aromatic carbocycles. The van der Waals surface area contributed by atoms with E-state index in [0.29, 0.717) is 0 Å². The molecule has 2 N–H and O–H groups in total. The Morgan fingerprint density at radius 1 is 0.667 bits per heavy atom. The second kappa shape index (κ2) is 6.46. The van der Waals surface area contributed by atoms with Crippen LogP contribution in [-0.4, -0.2) is 34.4 Å². The Bertz CT molecular complexity index is 423. The molecule has 0 aliphatic carbocycles. The van der Waals surface area contributed by atoms with Crippen molar-refractivity contribution in [3.05, 3.63) is 0 Å². The van der Waals surface area contributed by atoms with Crippen LogP contribution in [-0.2, 0) is 72.6 Å². The predicted molar refractivity (Wildman–Crippen MR) is 34.2 cm³/mol. The SMILES string of the molecule is O=S(=O)(O)OS(=O)(=O)OS(=O)(=O)O.[Cu].[Cu]. The van der Waals surface area contributed by atoms with Crippen molar-refractivity contribution in [2.24, 2.45) is 0 Å². The summed E-state index contributed by atoms with van der Waals surface area (Å²) in [7, 11) is -16.5. The van der Waals surface area contributed by atoms with Crippen molar-refractivity contribution in [3.63, 3.8) is 0 Å². The fourth-order valence-corrected chi connectivity index (χ4v) is 2.20. The molecule has 0 fully saturated rings. The minimum Gasteiger partial charge on any atom is -0.263 e. The minimum absolute atomic E-state index is 0. The molecule has 0 saturated heterocycles. The zero-order valence-electron chi connectivity index (χ0n) is 5.99. The van der Waals surface area contributed by atoms with E-state index >= 15 is 0 Å². The molecule has 102 valence electrons. The molecule has 0 aliphatic rings. The fourth-order valence-electron chi connectivity index (χ4n) is 0.222. The van der Waals surface area contributed by atoms with E-state index < -0.39 is 31.2 Å². The van der Waals surface area contributed by atoms with Gasteiger partial charge in [-0.25, -0.2) is 0 Å². The van der Waals surface area contributed by atoms with Crippen LogP contribution in [0.2, 0.25) is 0 Å². The molecule has 15 heavy (non-hydrogen) atoms. The smallest absolute Gasteiger partial charge is 0.263 e. The van der Waals surface area contributed by atoms with Crippen LogP contribution in [0.3, 0.4) is 0 Å². The Labute approximate surface area is 107 Å². The molecule has 0 amide bonds. The largest absolute Gasteiger partial charge is 0.432 e. The third kappa shape index (κ3) is 14.7. The quantitative estimate of drug-likeness (QED) is 0.404. The fraction of sp³-hybridized carbons (Fsp3) is 0. The van der Waals surface area contributed by atoms with Crippen LogP contribution in [0, 0.1) is 0 Å². The third-order valence-corrected chi connectivity index (χ3v) is 3.05. The predicted octanol–water partition coefficient (Wildman–Crippen LogP) is -2.13. The van der Waals surface area contributed by atoms with Gasteiger partial charge < -0.3 is 0 Å². The summed E-state index contributed by atoms with van der Waals surface area (Å²) in [5.74, 6) is 0. The van der Waals surface area contributed by atoms with Crippen LogP contribution >= 0.6 is 0 Å². The Hall–Kier alpha value is 0.729. The molecule has 0 atom stereocenters. The van der Waals surface area contributed by atoms with Crippen molar-refractivity contribution in [1.29, 1.82) is 0 Å². The van der Waals surface area contributed by atoms with Gasteiger partial charge in [0.05, 0.1) is 0 Å². The van der Waals surface area contributed by atoms with Crippen molar-refractivity contribution in [2.45, 2.75) is 0 Å². The summed E-state index contributed by atoms with van der Waals surface area (Å²) in [6, 6.07) is 0. The second-order valence-electron chi connectivity index (χ2n) is 1.40. The van der Waals surface area contributed by atoms with Gasteiger partial charge in [-0.3, -0.25) is 9.11 Å². The van der Waals surface area contributed by atoms with E-state index in [4.69, 9.17) is 9.11 Å². The average molecular weight is 385 g/mol. The van der Waals surface area contributed by atoms with Gasteiger partial charge in [0, 0.05) is 34.1 Å². The Kier molecular flexibility index (Phi) is 9.07. The molecule has 0 unspecified atom stereocenters. The van der Waals surface area contributed by atoms with Crippen molar-refractivity contribution < 1.29 is 75.8 Å². The molecule has 0 heterocycles. The molecule has 0 rings (SSSR count). The molecule has 0 aliphatic heterocycles. The van der Waals surface area contributed by atoms with E-state index in [2.05, 4.69) is 7.26 Å². The van der Waals surface area contributed by atoms with Gasteiger partial charge in [-0.1, -0.05) is 7.26 Å². The van der Waals surface area contributed by atoms with Crippen molar-refractivity contribution in [1.82, 2.24) is 0 Å². The van der Waals surface area contributed by atoms with Crippen LogP contribution in [0.5, 0.6) is 0 Å². The third-order valence-electron chi connectivity index (χ3n) is 0.339. The van der Waals surface area contributed by atoms with Crippen LogP contribution in [0.15, 0.2) is 0 Å². The van der Waals surface area contributed by atoms with E-state index in [9.17, 15) is 25.3 Å². The summed E-state index contributed by atoms with van der Waals surface area (Å²) in [6.07, 6.45) is 0. The van der Waals surface area contributed by atoms with Crippen LogP contribution in [0.25, 0.3) is 0 Å². The maximum Gasteiger partial charge on any atom is 0.432 e. The summed E-state index contributed by atoms with van der Waals surface area (Å²) in [5, 5.41) is 0. The summed E-state index contributed by atoms with van der Waals surface area (Å²) >= 11 is 0. The molecule has 0 spiro atoms. The Morgan fingerprint density at radius 2 is 0.867 bits per heavy atom. The molecular formula is H2Cu2O10S3. The van der Waals surface area contributed by atoms with Gasteiger partial charge in [-0.05, 0) is 0 Å². The van der Waals surface area contributed by atoms with E-state index in [1.54, 1.807) is 0 Å². The summed E-state index contributed by atoms with van der Waals surface area (Å²) in [6.45, 7) is 0. The molecule has 0 aromatic heterocycles. The van der Waals surface area contributed by atoms with Gasteiger partial charge in [0.1, 0.15) is 0 Å². The summed E-state index contributed by atoms with van der Waals surface area (Å²) in [5.41, 5.74) is 0. The van der Waals surface area contributed by atoms with Gasteiger partial charge in [0.15, 0.2) is 0 Å². The van der Waals surface area contributed by atoms with Crippen LogP contribution in [0.4, 0.5) is 0 Å². The summed E-state index contributed by atoms with van der Waals surface area (Å²) < 4.78 is 80.2. The van der Waals surface area contributed by atoms with Crippen molar-refractivity contribution in [3.8, 4) is 0 Å². The first kappa shape index (κ1) is 21.1. The van der Waals surface area contributed by atoms with Crippen LogP contribution < -0.4 is 0 Å². The normalized spacial score (nSPS) is 12.4. The molecule has 0 aromatic rings. The summed E-state index contributed by atoms with van der Waals surface area (Å²) in [4.78, 5) is 0. The molecule has 0 saturated carbocycles. The zero-order chi connectivity index (χ0) is 10.9. The first-order valence-corrected chi connectivity index (χ1v) is 6.10. The molecular weight excluding hydrogens is 383 g/mol. The zero-order valence-corrected chi connectivity index (χ0v) is 10.3. The monoisotopic (exact) mass is 384 g/mol. The standard InChI is InChI=1S/2Cu.H2O10S3/c;;1-11(2,3)9-13(7,8)10-12(4,5)6/h;;(H,1,2,3)(H,4,5,6). The van der Waals surface area contributed by atoms with Gasteiger partial charge >= 0.3 is 31.2 Å². The maximum absolute atomic E-state index is 10.1. The number of hydrogen-bond donors (Lipinski definition) is 2. The van der Waals surface area contributed by atoms with Gasteiger partial charge in [0.25, 0.3) is 0 Å². The molecule has 10 nitrogen and oxygen atoms in total. The molecule has 0 bridgehead atoms. The first-order chi connectivity index (χ1) is 5.41. The topological polar surface area (TPSA) is 161 Å². The van der Waals surface area contributed by atoms with Crippen molar-refractivity contribution >= 4 is 31.2 Å². The number of hydrogen-bond acceptors (Lipinski definition) is 8. The maximum atomic E-state index is 10.1. The van der Waals surface area contributed by atoms with E-state index in [-0.39, 0.29) is 34.1 Å². The van der Waals surface area contributed by atoms with Gasteiger partial charge in [0.2, 0.25) is 0 Å². The van der Waals surface area contributed by atoms with Crippen LogP contribution in [0.1, 0.15) is 0 Å². The molecule has 15 heteroatoms. The van der Waals surface area contributed by atoms with E-state index in [1.165, 1.54) is 0 Å². The van der Waals surface area contributed by atoms with E-state index in [1.807, 2.05) is 0 Å². The Morgan fingerprint density at radius 3 is 1.00 bits per heavy atom. The second-order valence-corrected chi connectivity index (χ2v) is 5.02. The number of rotatable bonds is 4. The van der Waals surface area contributed by atoms with E-state index in [0.717, 1.165) is 0 Å². The van der Waals surface area contributed by atoms with Gasteiger partial charge in [-0.15, -0.1) is 0 Å². The van der Waals surface area contributed by atoms with Crippen molar-refractivity contribution in [2.75, 3.05) is 0 Å². The molecule has 2 radical (unpaired) electrons. The van der Waals surface area contributed by atoms with Gasteiger partial charge in [-0.2, -0.15) is 25.3 Å². The minimum atomic E-state index is -5.57. The average Bonchev–Trinajstić information content (AvgIpc) is 1.43.